The van der Waals surface area contributed by atoms with Crippen LogP contribution in [0.5, 0.6) is 0 Å². The van der Waals surface area contributed by atoms with Crippen LogP contribution in [0.4, 0.5) is 0 Å². The van der Waals surface area contributed by atoms with Gasteiger partial charge in [0.2, 0.25) is 5.91 Å². The quantitative estimate of drug-likeness (QED) is 0.485. The number of rotatable bonds is 5. The van der Waals surface area contributed by atoms with E-state index in [0.29, 0.717) is 6.42 Å². The first-order chi connectivity index (χ1) is 12.7. The minimum atomic E-state index is -0.113. The summed E-state index contributed by atoms with van der Waals surface area (Å²) < 4.78 is 0. The van der Waals surface area contributed by atoms with Gasteiger partial charge in [-0.15, -0.1) is 4.98 Å². The van der Waals surface area contributed by atoms with Gasteiger partial charge in [-0.2, -0.15) is 0 Å². The van der Waals surface area contributed by atoms with E-state index >= 15 is 0 Å². The van der Waals surface area contributed by atoms with Crippen molar-refractivity contribution in [1.29, 1.82) is 0 Å². The van der Waals surface area contributed by atoms with Crippen molar-refractivity contribution in [1.82, 2.24) is 20.3 Å². The number of amides is 1. The zero-order chi connectivity index (χ0) is 17.9. The molecule has 0 aliphatic carbocycles. The number of imidazole rings is 1. The van der Waals surface area contributed by atoms with Crippen molar-refractivity contribution < 1.29 is 9.78 Å². The van der Waals surface area contributed by atoms with E-state index in [9.17, 15) is 4.79 Å². The summed E-state index contributed by atoms with van der Waals surface area (Å²) in [5.74, 6) is -0.113. The van der Waals surface area contributed by atoms with Crippen LogP contribution in [0.15, 0.2) is 61.1 Å². The number of aromatic nitrogens is 4. The fraction of sp³-hybridized carbons (Fsp3) is 0.150. The van der Waals surface area contributed by atoms with Gasteiger partial charge in [0.25, 0.3) is 5.65 Å². The molecule has 0 spiro atoms. The Bertz CT molecular complexity index is 1060. The Hall–Kier alpha value is -3.41. The van der Waals surface area contributed by atoms with Crippen LogP contribution in [0.3, 0.4) is 0 Å². The van der Waals surface area contributed by atoms with E-state index in [1.54, 1.807) is 12.4 Å². The summed E-state index contributed by atoms with van der Waals surface area (Å²) in [6.07, 6.45) is 7.63. The molecule has 1 amide bonds. The first-order valence-electron chi connectivity index (χ1n) is 8.57. The molecule has 4 rings (SSSR count). The first-order valence-corrected chi connectivity index (χ1v) is 8.57. The molecule has 0 radical (unpaired) electrons. The number of hydrogen-bond donors (Lipinski definition) is 3. The maximum atomic E-state index is 12.2. The SMILES string of the molecule is CC(NC(=O)C=CCc1cnc2[nH+]c[nH]c2c1)c1cc2ccccc2[nH]1. The van der Waals surface area contributed by atoms with Crippen molar-refractivity contribution in [3.8, 4) is 0 Å². The zero-order valence-corrected chi connectivity index (χ0v) is 14.4. The lowest BCUT2D eigenvalue weighted by Gasteiger charge is -2.10. The average Bonchev–Trinajstić information content (AvgIpc) is 3.27. The molecule has 3 heterocycles. The van der Waals surface area contributed by atoms with E-state index in [0.717, 1.165) is 33.3 Å². The maximum absolute atomic E-state index is 12.2. The van der Waals surface area contributed by atoms with E-state index in [4.69, 9.17) is 0 Å². The number of pyridine rings is 1. The van der Waals surface area contributed by atoms with Gasteiger partial charge in [-0.3, -0.25) is 9.78 Å². The Labute approximate surface area is 150 Å². The topological polar surface area (TPSA) is 87.7 Å². The summed E-state index contributed by atoms with van der Waals surface area (Å²) >= 11 is 0. The fourth-order valence-corrected chi connectivity index (χ4v) is 3.00. The third kappa shape index (κ3) is 3.35. The molecule has 4 aromatic rings. The number of hydrogen-bond acceptors (Lipinski definition) is 2. The predicted octanol–water partition coefficient (Wildman–Crippen LogP) is 2.83. The van der Waals surface area contributed by atoms with Gasteiger partial charge < -0.3 is 10.3 Å². The highest BCUT2D eigenvalue weighted by molar-refractivity contribution is 5.88. The van der Waals surface area contributed by atoms with Gasteiger partial charge in [-0.05, 0) is 48.6 Å². The van der Waals surface area contributed by atoms with E-state index in [2.05, 4.69) is 37.4 Å². The fourth-order valence-electron chi connectivity index (χ4n) is 3.00. The molecule has 3 aromatic heterocycles. The number of carbonyl (C=O) groups is 1. The average molecular weight is 346 g/mol. The summed E-state index contributed by atoms with van der Waals surface area (Å²) in [5.41, 5.74) is 4.88. The second-order valence-electron chi connectivity index (χ2n) is 6.32. The summed E-state index contributed by atoms with van der Waals surface area (Å²) in [5, 5.41) is 4.13. The van der Waals surface area contributed by atoms with Crippen molar-refractivity contribution in [2.24, 2.45) is 0 Å². The van der Waals surface area contributed by atoms with Crippen LogP contribution in [-0.4, -0.2) is 20.9 Å². The normalized spacial score (nSPS) is 12.8. The number of H-pyrrole nitrogens is 3. The number of benzene rings is 1. The van der Waals surface area contributed by atoms with Crippen LogP contribution in [0, 0.1) is 0 Å². The second kappa shape index (κ2) is 6.84. The summed E-state index contributed by atoms with van der Waals surface area (Å²) in [4.78, 5) is 25.9. The van der Waals surface area contributed by atoms with Crippen molar-refractivity contribution in [3.63, 3.8) is 0 Å². The number of nitrogens with one attached hydrogen (secondary N) is 4. The maximum Gasteiger partial charge on any atom is 0.299 e. The molecule has 6 heteroatoms. The van der Waals surface area contributed by atoms with Crippen LogP contribution in [-0.2, 0) is 11.2 Å². The Morgan fingerprint density at radius 3 is 3.08 bits per heavy atom. The van der Waals surface area contributed by atoms with Crippen molar-refractivity contribution in [2.45, 2.75) is 19.4 Å². The van der Waals surface area contributed by atoms with Crippen molar-refractivity contribution >= 4 is 28.0 Å². The highest BCUT2D eigenvalue weighted by atomic mass is 16.1. The van der Waals surface area contributed by atoms with Gasteiger partial charge in [0.15, 0.2) is 11.8 Å². The Morgan fingerprint density at radius 2 is 2.19 bits per heavy atom. The monoisotopic (exact) mass is 346 g/mol. The number of fused-ring (bicyclic) bond motifs is 2. The van der Waals surface area contributed by atoms with E-state index < -0.39 is 0 Å². The second-order valence-corrected chi connectivity index (χ2v) is 6.32. The van der Waals surface area contributed by atoms with Crippen LogP contribution >= 0.6 is 0 Å². The lowest BCUT2D eigenvalue weighted by Crippen LogP contribution is -2.24. The first kappa shape index (κ1) is 16.1. The molecule has 1 aromatic carbocycles. The van der Waals surface area contributed by atoms with E-state index in [1.165, 1.54) is 0 Å². The molecule has 1 unspecified atom stereocenters. The van der Waals surface area contributed by atoms with Crippen molar-refractivity contribution in [2.75, 3.05) is 0 Å². The molecular weight excluding hydrogens is 326 g/mol. The number of allylic oxidation sites excluding steroid dienone is 1. The summed E-state index contributed by atoms with van der Waals surface area (Å²) in [7, 11) is 0. The molecule has 6 nitrogen and oxygen atoms in total. The molecule has 0 saturated carbocycles. The third-order valence-corrected chi connectivity index (χ3v) is 4.38. The highest BCUT2D eigenvalue weighted by Gasteiger charge is 2.10. The van der Waals surface area contributed by atoms with Crippen LogP contribution < -0.4 is 10.3 Å². The number of nitrogens with zero attached hydrogens (tertiary/aromatic N) is 1. The molecule has 1 atom stereocenters. The number of aromatic amines is 3. The highest BCUT2D eigenvalue weighted by Crippen LogP contribution is 2.19. The van der Waals surface area contributed by atoms with Crippen molar-refractivity contribution in [3.05, 3.63) is 72.3 Å². The molecule has 0 aliphatic heterocycles. The number of para-hydroxylation sites is 1. The Balaban J connectivity index is 1.37. The van der Waals surface area contributed by atoms with Crippen LogP contribution in [0.1, 0.15) is 24.2 Å². The molecule has 0 bridgehead atoms. The van der Waals surface area contributed by atoms with Gasteiger partial charge in [-0.1, -0.05) is 24.3 Å². The van der Waals surface area contributed by atoms with Gasteiger partial charge in [0.05, 0.1) is 6.04 Å². The van der Waals surface area contributed by atoms with Crippen LogP contribution in [0.25, 0.3) is 22.1 Å². The third-order valence-electron chi connectivity index (χ3n) is 4.38. The molecule has 0 saturated heterocycles. The van der Waals surface area contributed by atoms with Gasteiger partial charge >= 0.3 is 0 Å². The largest absolute Gasteiger partial charge is 0.357 e. The van der Waals surface area contributed by atoms with Gasteiger partial charge in [0.1, 0.15) is 6.20 Å². The summed E-state index contributed by atoms with van der Waals surface area (Å²) in [6, 6.07) is 12.1. The molecule has 4 N–H and O–H groups in total. The lowest BCUT2D eigenvalue weighted by molar-refractivity contribution is -0.347. The van der Waals surface area contributed by atoms with Crippen LogP contribution in [0.2, 0.25) is 0 Å². The van der Waals surface area contributed by atoms with E-state index in [-0.39, 0.29) is 11.9 Å². The smallest absolute Gasteiger partial charge is 0.299 e. The standard InChI is InChI=1S/C20H19N5O/c1-13(17-10-15-6-2-3-7-16(15)25-17)24-19(26)8-4-5-14-9-18-20(21-11-14)23-12-22-18/h2-4,6-13,25H,5H2,1H3,(H,24,26)(H,21,22,23)/p+1. The molecule has 0 aliphatic rings. The Morgan fingerprint density at radius 1 is 1.31 bits per heavy atom. The predicted molar refractivity (Wildman–Crippen MR) is 100 cm³/mol. The number of carbonyl (C=O) groups excluding carboxylic acids is 1. The minimum Gasteiger partial charge on any atom is -0.357 e. The molecule has 0 fully saturated rings. The molecular formula is C20H20N5O+. The zero-order valence-electron chi connectivity index (χ0n) is 14.4. The Kier molecular flexibility index (Phi) is 4.23. The molecule has 130 valence electrons. The lowest BCUT2D eigenvalue weighted by atomic mass is 10.2. The van der Waals surface area contributed by atoms with Gasteiger partial charge in [-0.25, -0.2) is 4.98 Å². The molecule has 26 heavy (non-hydrogen) atoms. The van der Waals surface area contributed by atoms with E-state index in [1.807, 2.05) is 43.5 Å². The summed E-state index contributed by atoms with van der Waals surface area (Å²) in [6.45, 7) is 1.97. The minimum absolute atomic E-state index is 0.0907. The van der Waals surface area contributed by atoms with Gasteiger partial charge in [0, 0.05) is 11.2 Å².